The van der Waals surface area contributed by atoms with Crippen molar-refractivity contribution < 1.29 is 0 Å². The van der Waals surface area contributed by atoms with Crippen LogP contribution in [0, 0.1) is 6.92 Å². The van der Waals surface area contributed by atoms with Gasteiger partial charge in [0.1, 0.15) is 0 Å². The van der Waals surface area contributed by atoms with Gasteiger partial charge in [-0.3, -0.25) is 4.98 Å². The first-order valence-electron chi connectivity index (χ1n) is 4.30. The number of benzene rings is 1. The summed E-state index contributed by atoms with van der Waals surface area (Å²) in [6.45, 7) is 5.74. The van der Waals surface area contributed by atoms with E-state index >= 15 is 0 Å². The smallest absolute Gasteiger partial charge is 0.0633 e. The molecule has 1 aromatic carbocycles. The van der Waals surface area contributed by atoms with E-state index in [0.717, 1.165) is 11.4 Å². The molecular weight excluding hydrogens is 158 g/mol. The number of hydrogen-bond donors (Lipinski definition) is 0. The summed E-state index contributed by atoms with van der Waals surface area (Å²) in [5, 5.41) is 2.44. The van der Waals surface area contributed by atoms with Crippen LogP contribution in [0.3, 0.4) is 0 Å². The second kappa shape index (κ2) is 3.02. The van der Waals surface area contributed by atoms with Crippen molar-refractivity contribution >= 4 is 16.8 Å². The average molecular weight is 169 g/mol. The summed E-state index contributed by atoms with van der Waals surface area (Å²) < 4.78 is 0. The van der Waals surface area contributed by atoms with Crippen LogP contribution in [0.5, 0.6) is 0 Å². The van der Waals surface area contributed by atoms with E-state index in [2.05, 4.69) is 29.8 Å². The quantitative estimate of drug-likeness (QED) is 0.638. The molecule has 0 saturated heterocycles. The zero-order valence-electron chi connectivity index (χ0n) is 7.62. The van der Waals surface area contributed by atoms with Crippen molar-refractivity contribution in [3.63, 3.8) is 0 Å². The van der Waals surface area contributed by atoms with Gasteiger partial charge in [0.05, 0.1) is 5.69 Å². The van der Waals surface area contributed by atoms with Crippen LogP contribution in [0.1, 0.15) is 11.4 Å². The molecule has 0 spiro atoms. The number of rotatable bonds is 1. The van der Waals surface area contributed by atoms with E-state index in [1.54, 1.807) is 6.08 Å². The van der Waals surface area contributed by atoms with Crippen LogP contribution in [-0.2, 0) is 0 Å². The van der Waals surface area contributed by atoms with Gasteiger partial charge in [0.15, 0.2) is 0 Å². The summed E-state index contributed by atoms with van der Waals surface area (Å²) in [5.74, 6) is 0. The zero-order chi connectivity index (χ0) is 9.26. The van der Waals surface area contributed by atoms with Gasteiger partial charge in [0, 0.05) is 11.1 Å². The van der Waals surface area contributed by atoms with Crippen molar-refractivity contribution in [1.29, 1.82) is 0 Å². The third kappa shape index (κ3) is 1.33. The van der Waals surface area contributed by atoms with E-state index in [9.17, 15) is 0 Å². The number of aromatic nitrogens is 1. The minimum Gasteiger partial charge on any atom is -0.253 e. The van der Waals surface area contributed by atoms with Crippen LogP contribution in [0.4, 0.5) is 0 Å². The fourth-order valence-corrected chi connectivity index (χ4v) is 1.50. The van der Waals surface area contributed by atoms with E-state index in [1.807, 2.05) is 19.1 Å². The molecule has 0 bridgehead atoms. The lowest BCUT2D eigenvalue weighted by atomic mass is 10.1. The molecular formula is C12H11N. The molecule has 0 atom stereocenters. The van der Waals surface area contributed by atoms with Gasteiger partial charge < -0.3 is 0 Å². The first kappa shape index (κ1) is 7.99. The first-order valence-corrected chi connectivity index (χ1v) is 4.30. The number of hydrogen-bond acceptors (Lipinski definition) is 1. The highest BCUT2D eigenvalue weighted by molar-refractivity contribution is 5.85. The Kier molecular flexibility index (Phi) is 1.85. The lowest BCUT2D eigenvalue weighted by Gasteiger charge is -2.02. The van der Waals surface area contributed by atoms with Crippen LogP contribution in [0.25, 0.3) is 16.8 Å². The first-order chi connectivity index (χ1) is 6.31. The molecule has 0 aliphatic heterocycles. The van der Waals surface area contributed by atoms with Crippen molar-refractivity contribution in [2.45, 2.75) is 6.92 Å². The summed E-state index contributed by atoms with van der Waals surface area (Å²) in [5.41, 5.74) is 2.00. The number of fused-ring (bicyclic) bond motifs is 1. The summed E-state index contributed by atoms with van der Waals surface area (Å²) in [7, 11) is 0. The molecule has 0 unspecified atom stereocenters. The Morgan fingerprint density at radius 2 is 2.08 bits per heavy atom. The monoisotopic (exact) mass is 169 g/mol. The van der Waals surface area contributed by atoms with Crippen molar-refractivity contribution in [3.05, 3.63) is 48.3 Å². The highest BCUT2D eigenvalue weighted by Crippen LogP contribution is 2.17. The molecule has 0 aliphatic rings. The largest absolute Gasteiger partial charge is 0.253 e. The number of nitrogens with zero attached hydrogens (tertiary/aromatic N) is 1. The van der Waals surface area contributed by atoms with Crippen molar-refractivity contribution in [1.82, 2.24) is 4.98 Å². The Hall–Kier alpha value is -1.63. The van der Waals surface area contributed by atoms with Crippen LogP contribution in [-0.4, -0.2) is 4.98 Å². The van der Waals surface area contributed by atoms with Gasteiger partial charge in [-0.2, -0.15) is 0 Å². The standard InChI is InChI=1S/C12H11N/c1-3-11-8-10-6-4-5-7-12(10)9(2)13-11/h3-8H,1H2,2H3. The lowest BCUT2D eigenvalue weighted by Crippen LogP contribution is -1.87. The van der Waals surface area contributed by atoms with Gasteiger partial charge in [0.25, 0.3) is 0 Å². The van der Waals surface area contributed by atoms with E-state index in [4.69, 9.17) is 0 Å². The minimum absolute atomic E-state index is 0.941. The highest BCUT2D eigenvalue weighted by Gasteiger charge is 1.98. The van der Waals surface area contributed by atoms with Gasteiger partial charge in [-0.25, -0.2) is 0 Å². The summed E-state index contributed by atoms with van der Waals surface area (Å²) >= 11 is 0. The normalized spacial score (nSPS) is 10.2. The van der Waals surface area contributed by atoms with Gasteiger partial charge in [-0.05, 0) is 24.5 Å². The van der Waals surface area contributed by atoms with Gasteiger partial charge in [0.2, 0.25) is 0 Å². The molecule has 1 nitrogen and oxygen atoms in total. The number of pyridine rings is 1. The maximum atomic E-state index is 4.40. The summed E-state index contributed by atoms with van der Waals surface area (Å²) in [6.07, 6.45) is 1.78. The molecule has 1 heteroatoms. The molecule has 0 aliphatic carbocycles. The Morgan fingerprint density at radius 1 is 1.31 bits per heavy atom. The van der Waals surface area contributed by atoms with Gasteiger partial charge >= 0.3 is 0 Å². The van der Waals surface area contributed by atoms with Crippen LogP contribution in [0.2, 0.25) is 0 Å². The Bertz CT molecular complexity index is 458. The fraction of sp³-hybridized carbons (Fsp3) is 0.0833. The zero-order valence-corrected chi connectivity index (χ0v) is 7.62. The van der Waals surface area contributed by atoms with E-state index < -0.39 is 0 Å². The second-order valence-corrected chi connectivity index (χ2v) is 3.06. The fourth-order valence-electron chi connectivity index (χ4n) is 1.50. The highest BCUT2D eigenvalue weighted by atomic mass is 14.7. The van der Waals surface area contributed by atoms with Crippen LogP contribution < -0.4 is 0 Å². The summed E-state index contributed by atoms with van der Waals surface area (Å²) in [4.78, 5) is 4.40. The molecule has 2 aromatic rings. The van der Waals surface area contributed by atoms with E-state index in [0.29, 0.717) is 0 Å². The number of aryl methyl sites for hydroxylation is 1. The van der Waals surface area contributed by atoms with Crippen molar-refractivity contribution in [3.8, 4) is 0 Å². The molecule has 0 fully saturated rings. The van der Waals surface area contributed by atoms with Crippen molar-refractivity contribution in [2.24, 2.45) is 0 Å². The Labute approximate surface area is 77.7 Å². The molecule has 13 heavy (non-hydrogen) atoms. The van der Waals surface area contributed by atoms with Gasteiger partial charge in [-0.15, -0.1) is 0 Å². The SMILES string of the molecule is C=Cc1cc2ccccc2c(C)n1. The predicted molar refractivity (Wildman–Crippen MR) is 56.6 cm³/mol. The Balaban J connectivity index is 2.84. The van der Waals surface area contributed by atoms with Crippen LogP contribution >= 0.6 is 0 Å². The van der Waals surface area contributed by atoms with E-state index in [-0.39, 0.29) is 0 Å². The second-order valence-electron chi connectivity index (χ2n) is 3.06. The van der Waals surface area contributed by atoms with Gasteiger partial charge in [-0.1, -0.05) is 30.8 Å². The third-order valence-electron chi connectivity index (χ3n) is 2.16. The maximum absolute atomic E-state index is 4.40. The maximum Gasteiger partial charge on any atom is 0.0633 e. The third-order valence-corrected chi connectivity index (χ3v) is 2.16. The van der Waals surface area contributed by atoms with Crippen molar-refractivity contribution in [2.75, 3.05) is 0 Å². The predicted octanol–water partition coefficient (Wildman–Crippen LogP) is 3.19. The molecule has 1 aromatic heterocycles. The lowest BCUT2D eigenvalue weighted by molar-refractivity contribution is 1.21. The molecule has 1 heterocycles. The van der Waals surface area contributed by atoms with E-state index in [1.165, 1.54) is 10.8 Å². The summed E-state index contributed by atoms with van der Waals surface area (Å²) in [6, 6.07) is 10.3. The molecule has 0 saturated carbocycles. The molecule has 64 valence electrons. The molecule has 2 rings (SSSR count). The molecule has 0 N–H and O–H groups in total. The topological polar surface area (TPSA) is 12.9 Å². The minimum atomic E-state index is 0.941. The Morgan fingerprint density at radius 3 is 2.85 bits per heavy atom. The molecule has 0 amide bonds. The molecule has 0 radical (unpaired) electrons. The average Bonchev–Trinajstić information content (AvgIpc) is 2.18. The van der Waals surface area contributed by atoms with Crippen LogP contribution in [0.15, 0.2) is 36.9 Å².